The number of nitrogens with two attached hydrogens (primary N) is 1. The largest absolute Gasteiger partial charge is 0.389 e. The third-order valence-corrected chi connectivity index (χ3v) is 2.51. The molecule has 96 valence electrons. The van der Waals surface area contributed by atoms with Crippen LogP contribution in [0.15, 0.2) is 47.1 Å². The Morgan fingerprint density at radius 1 is 1.21 bits per heavy atom. The van der Waals surface area contributed by atoms with Crippen molar-refractivity contribution in [3.63, 3.8) is 0 Å². The summed E-state index contributed by atoms with van der Waals surface area (Å²) in [5.41, 5.74) is 7.28. The van der Waals surface area contributed by atoms with Gasteiger partial charge in [0.1, 0.15) is 0 Å². The van der Waals surface area contributed by atoms with Crippen LogP contribution in [-0.2, 0) is 6.54 Å². The molecule has 19 heavy (non-hydrogen) atoms. The van der Waals surface area contributed by atoms with Gasteiger partial charge in [-0.3, -0.25) is 4.68 Å². The summed E-state index contributed by atoms with van der Waals surface area (Å²) in [4.78, 5) is 0. The van der Waals surface area contributed by atoms with Gasteiger partial charge in [0.05, 0.1) is 18.4 Å². The van der Waals surface area contributed by atoms with Gasteiger partial charge < -0.3 is 15.5 Å². The zero-order valence-corrected chi connectivity index (χ0v) is 10.0. The van der Waals surface area contributed by atoms with Gasteiger partial charge in [-0.1, -0.05) is 40.5 Å². The van der Waals surface area contributed by atoms with E-state index in [0.29, 0.717) is 6.54 Å². The summed E-state index contributed by atoms with van der Waals surface area (Å²) in [7, 11) is 0. The van der Waals surface area contributed by atoms with E-state index in [1.54, 1.807) is 6.20 Å². The predicted octanol–water partition coefficient (Wildman–Crippen LogP) is 1.64. The van der Waals surface area contributed by atoms with Gasteiger partial charge in [-0.25, -0.2) is 0 Å². The smallest absolute Gasteiger partial charge is 0.321 e. The number of hydrogen-bond donors (Lipinski definition) is 2. The topological polar surface area (TPSA) is 94.8 Å². The molecule has 0 radical (unpaired) electrons. The Bertz CT molecular complexity index is 660. The molecule has 0 saturated heterocycles. The molecular weight excluding hydrogens is 244 g/mol. The molecule has 0 saturated carbocycles. The first-order valence-electron chi connectivity index (χ1n) is 5.72. The maximum absolute atomic E-state index is 5.34. The molecule has 0 spiro atoms. The van der Waals surface area contributed by atoms with Gasteiger partial charge in [-0.15, -0.1) is 0 Å². The van der Waals surface area contributed by atoms with Gasteiger partial charge >= 0.3 is 12.0 Å². The van der Waals surface area contributed by atoms with Crippen molar-refractivity contribution in [2.24, 2.45) is 0 Å². The molecule has 3 rings (SSSR count). The number of nitrogens with one attached hydrogen (secondary N) is 1. The summed E-state index contributed by atoms with van der Waals surface area (Å²) in [5.74, 6) is 0. The SMILES string of the molecule is Nc1nnc(Nc2cnn(Cc3ccccc3)c2)o1. The Labute approximate surface area is 109 Å². The lowest BCUT2D eigenvalue weighted by Gasteiger charge is -2.00. The standard InChI is InChI=1S/C12H12N6O/c13-11-16-17-12(19-11)15-10-6-14-18(8-10)7-9-4-2-1-3-5-9/h1-6,8H,7H2,(H2,13,16)(H,15,17). The van der Waals surface area contributed by atoms with E-state index >= 15 is 0 Å². The van der Waals surface area contributed by atoms with E-state index in [9.17, 15) is 0 Å². The lowest BCUT2D eigenvalue weighted by atomic mass is 10.2. The average Bonchev–Trinajstić information content (AvgIpc) is 3.01. The lowest BCUT2D eigenvalue weighted by Crippen LogP contribution is -1.99. The van der Waals surface area contributed by atoms with Crippen molar-refractivity contribution in [3.8, 4) is 0 Å². The van der Waals surface area contributed by atoms with Crippen LogP contribution in [0, 0.1) is 0 Å². The van der Waals surface area contributed by atoms with Crippen molar-refractivity contribution in [1.82, 2.24) is 20.0 Å². The first-order valence-corrected chi connectivity index (χ1v) is 5.72. The normalized spacial score (nSPS) is 10.5. The highest BCUT2D eigenvalue weighted by Gasteiger charge is 2.05. The lowest BCUT2D eigenvalue weighted by molar-refractivity contribution is 0.593. The van der Waals surface area contributed by atoms with Crippen LogP contribution in [0.4, 0.5) is 17.7 Å². The molecule has 3 N–H and O–H groups in total. The number of rotatable bonds is 4. The molecule has 3 aromatic rings. The first-order chi connectivity index (χ1) is 9.29. The molecule has 0 aliphatic carbocycles. The molecule has 7 heteroatoms. The van der Waals surface area contributed by atoms with Crippen molar-refractivity contribution < 1.29 is 4.42 Å². The predicted molar refractivity (Wildman–Crippen MR) is 69.8 cm³/mol. The number of benzene rings is 1. The molecule has 1 aromatic carbocycles. The van der Waals surface area contributed by atoms with Crippen LogP contribution < -0.4 is 11.1 Å². The number of hydrogen-bond acceptors (Lipinski definition) is 6. The molecule has 0 amide bonds. The van der Waals surface area contributed by atoms with Gasteiger partial charge in [-0.05, 0) is 5.56 Å². The van der Waals surface area contributed by atoms with Crippen molar-refractivity contribution in [1.29, 1.82) is 0 Å². The maximum Gasteiger partial charge on any atom is 0.321 e. The van der Waals surface area contributed by atoms with E-state index in [1.165, 1.54) is 5.56 Å². The van der Waals surface area contributed by atoms with Gasteiger partial charge in [0, 0.05) is 6.20 Å². The van der Waals surface area contributed by atoms with Crippen LogP contribution in [-0.4, -0.2) is 20.0 Å². The third-order valence-electron chi connectivity index (χ3n) is 2.51. The zero-order valence-electron chi connectivity index (χ0n) is 10.0. The van der Waals surface area contributed by atoms with Crippen molar-refractivity contribution in [2.45, 2.75) is 6.54 Å². The highest BCUT2D eigenvalue weighted by Crippen LogP contribution is 2.15. The van der Waals surface area contributed by atoms with E-state index in [0.717, 1.165) is 5.69 Å². The fourth-order valence-electron chi connectivity index (χ4n) is 1.69. The summed E-state index contributed by atoms with van der Waals surface area (Å²) in [6.07, 6.45) is 3.54. The molecular formula is C12H12N6O. The van der Waals surface area contributed by atoms with E-state index < -0.39 is 0 Å². The molecule has 0 aliphatic heterocycles. The fraction of sp³-hybridized carbons (Fsp3) is 0.0833. The van der Waals surface area contributed by atoms with Crippen LogP contribution in [0.5, 0.6) is 0 Å². The molecule has 0 atom stereocenters. The van der Waals surface area contributed by atoms with Crippen LogP contribution in [0.3, 0.4) is 0 Å². The Balaban J connectivity index is 1.69. The number of anilines is 3. The summed E-state index contributed by atoms with van der Waals surface area (Å²) >= 11 is 0. The van der Waals surface area contributed by atoms with Crippen LogP contribution in [0.25, 0.3) is 0 Å². The van der Waals surface area contributed by atoms with Crippen molar-refractivity contribution in [2.75, 3.05) is 11.1 Å². The summed E-state index contributed by atoms with van der Waals surface area (Å²) in [5, 5.41) is 14.4. The molecule has 2 aromatic heterocycles. The fourth-order valence-corrected chi connectivity index (χ4v) is 1.69. The monoisotopic (exact) mass is 256 g/mol. The molecule has 2 heterocycles. The van der Waals surface area contributed by atoms with E-state index in [4.69, 9.17) is 10.2 Å². The van der Waals surface area contributed by atoms with E-state index in [1.807, 2.05) is 41.2 Å². The summed E-state index contributed by atoms with van der Waals surface area (Å²) in [6.45, 7) is 0.703. The van der Waals surface area contributed by atoms with Crippen LogP contribution in [0.1, 0.15) is 5.56 Å². The van der Waals surface area contributed by atoms with Gasteiger partial charge in [-0.2, -0.15) is 5.10 Å². The van der Waals surface area contributed by atoms with E-state index in [2.05, 4.69) is 20.6 Å². The summed E-state index contributed by atoms with van der Waals surface area (Å²) in [6, 6.07) is 10.4. The Morgan fingerprint density at radius 3 is 2.79 bits per heavy atom. The highest BCUT2D eigenvalue weighted by atomic mass is 16.4. The highest BCUT2D eigenvalue weighted by molar-refractivity contribution is 5.49. The first kappa shape index (κ1) is 11.3. The second kappa shape index (κ2) is 4.81. The quantitative estimate of drug-likeness (QED) is 0.736. The van der Waals surface area contributed by atoms with Gasteiger partial charge in [0.25, 0.3) is 0 Å². The Morgan fingerprint density at radius 2 is 2.05 bits per heavy atom. The Kier molecular flexibility index (Phi) is 2.85. The molecule has 0 aliphatic rings. The minimum atomic E-state index is 0.0270. The van der Waals surface area contributed by atoms with Gasteiger partial charge in [0.15, 0.2) is 0 Å². The van der Waals surface area contributed by atoms with Crippen LogP contribution in [0.2, 0.25) is 0 Å². The second-order valence-corrected chi connectivity index (χ2v) is 3.98. The zero-order chi connectivity index (χ0) is 13.1. The van der Waals surface area contributed by atoms with E-state index in [-0.39, 0.29) is 12.0 Å². The van der Waals surface area contributed by atoms with Crippen molar-refractivity contribution >= 4 is 17.7 Å². The molecule has 0 fully saturated rings. The average molecular weight is 256 g/mol. The minimum absolute atomic E-state index is 0.0270. The minimum Gasteiger partial charge on any atom is -0.389 e. The molecule has 7 nitrogen and oxygen atoms in total. The number of nitrogen functional groups attached to an aromatic ring is 1. The Hall–Kier alpha value is -2.83. The number of aromatic nitrogens is 4. The summed E-state index contributed by atoms with van der Waals surface area (Å²) < 4.78 is 6.84. The number of nitrogens with zero attached hydrogens (tertiary/aromatic N) is 4. The molecule has 0 bridgehead atoms. The van der Waals surface area contributed by atoms with Gasteiger partial charge in [0.2, 0.25) is 0 Å². The van der Waals surface area contributed by atoms with Crippen molar-refractivity contribution in [3.05, 3.63) is 48.3 Å². The third kappa shape index (κ3) is 2.71. The van der Waals surface area contributed by atoms with Crippen LogP contribution >= 0.6 is 0 Å². The molecule has 0 unspecified atom stereocenters. The maximum atomic E-state index is 5.34. The second-order valence-electron chi connectivity index (χ2n) is 3.98.